The molecular formula is C13H18N2O2. The monoisotopic (exact) mass is 234 g/mol. The Bertz CT molecular complexity index is 411. The van der Waals surface area contributed by atoms with Crippen LogP contribution in [-0.2, 0) is 4.79 Å². The van der Waals surface area contributed by atoms with Crippen molar-refractivity contribution in [1.82, 2.24) is 5.32 Å². The molecule has 0 saturated carbocycles. The average Bonchev–Trinajstić information content (AvgIpc) is 2.28. The molecule has 1 unspecified atom stereocenters. The molecule has 1 aromatic rings. The number of carbonyl (C=O) groups is 1. The van der Waals surface area contributed by atoms with Crippen LogP contribution in [0.1, 0.15) is 11.1 Å². The Hall–Kier alpha value is -1.39. The van der Waals surface area contributed by atoms with E-state index in [1.54, 1.807) is 4.90 Å². The highest BCUT2D eigenvalue weighted by molar-refractivity contribution is 5.98. The number of piperazine rings is 1. The minimum Gasteiger partial charge on any atom is -0.394 e. The zero-order valence-corrected chi connectivity index (χ0v) is 10.2. The van der Waals surface area contributed by atoms with Gasteiger partial charge in [-0.1, -0.05) is 6.07 Å². The van der Waals surface area contributed by atoms with Crippen LogP contribution in [0, 0.1) is 13.8 Å². The van der Waals surface area contributed by atoms with Gasteiger partial charge in [0.05, 0.1) is 6.61 Å². The molecular weight excluding hydrogens is 216 g/mol. The lowest BCUT2D eigenvalue weighted by Gasteiger charge is -2.32. The van der Waals surface area contributed by atoms with Gasteiger partial charge in [-0.3, -0.25) is 4.79 Å². The van der Waals surface area contributed by atoms with Crippen molar-refractivity contribution in [3.63, 3.8) is 0 Å². The molecule has 4 heteroatoms. The number of hydrogen-bond donors (Lipinski definition) is 2. The third kappa shape index (κ3) is 2.48. The summed E-state index contributed by atoms with van der Waals surface area (Å²) in [7, 11) is 0. The van der Waals surface area contributed by atoms with Crippen molar-refractivity contribution in [2.45, 2.75) is 19.9 Å². The second-order valence-electron chi connectivity index (χ2n) is 4.53. The molecule has 1 aromatic carbocycles. The molecule has 1 atom stereocenters. The number of benzene rings is 1. The molecule has 0 aromatic heterocycles. The molecule has 17 heavy (non-hydrogen) atoms. The van der Waals surface area contributed by atoms with Gasteiger partial charge >= 0.3 is 0 Å². The number of aryl methyl sites for hydroxylation is 2. The van der Waals surface area contributed by atoms with Gasteiger partial charge in [-0.25, -0.2) is 0 Å². The van der Waals surface area contributed by atoms with E-state index in [0.717, 1.165) is 16.8 Å². The number of aliphatic hydroxyl groups excluding tert-OH is 1. The third-order valence-corrected chi connectivity index (χ3v) is 2.99. The normalized spacial score (nSPS) is 20.8. The smallest absolute Gasteiger partial charge is 0.246 e. The lowest BCUT2D eigenvalue weighted by Crippen LogP contribution is -2.56. The van der Waals surface area contributed by atoms with Crippen LogP contribution in [0.15, 0.2) is 18.2 Å². The maximum Gasteiger partial charge on any atom is 0.246 e. The Labute approximate surface area is 101 Å². The molecule has 1 amide bonds. The van der Waals surface area contributed by atoms with Crippen molar-refractivity contribution in [3.8, 4) is 0 Å². The van der Waals surface area contributed by atoms with Gasteiger partial charge in [-0.2, -0.15) is 0 Å². The molecule has 2 N–H and O–H groups in total. The number of nitrogens with zero attached hydrogens (tertiary/aromatic N) is 1. The number of rotatable bonds is 2. The third-order valence-electron chi connectivity index (χ3n) is 2.99. The number of amides is 1. The van der Waals surface area contributed by atoms with E-state index >= 15 is 0 Å². The minimum absolute atomic E-state index is 0.0521. The van der Waals surface area contributed by atoms with Crippen molar-refractivity contribution >= 4 is 11.6 Å². The van der Waals surface area contributed by atoms with E-state index in [2.05, 4.69) is 11.4 Å². The summed E-state index contributed by atoms with van der Waals surface area (Å²) in [6.45, 7) is 5.25. The summed E-state index contributed by atoms with van der Waals surface area (Å²) in [5.41, 5.74) is 3.21. The molecule has 0 radical (unpaired) electrons. The molecule has 1 aliphatic rings. The first-order valence-corrected chi connectivity index (χ1v) is 5.85. The summed E-state index contributed by atoms with van der Waals surface area (Å²) in [6.07, 6.45) is 0. The van der Waals surface area contributed by atoms with Crippen LogP contribution in [0.4, 0.5) is 5.69 Å². The first kappa shape index (κ1) is 12.1. The molecule has 92 valence electrons. The first-order chi connectivity index (χ1) is 8.11. The number of carbonyl (C=O) groups excluding carboxylic acids is 1. The highest BCUT2D eigenvalue weighted by Crippen LogP contribution is 2.20. The minimum atomic E-state index is -0.468. The maximum absolute atomic E-state index is 12.1. The predicted molar refractivity (Wildman–Crippen MR) is 67.1 cm³/mol. The zero-order valence-electron chi connectivity index (χ0n) is 10.2. The fraction of sp³-hybridized carbons (Fsp3) is 0.462. The summed E-state index contributed by atoms with van der Waals surface area (Å²) in [5.74, 6) is -0.0521. The Morgan fingerprint density at radius 1 is 1.35 bits per heavy atom. The molecule has 4 nitrogen and oxygen atoms in total. The summed E-state index contributed by atoms with van der Waals surface area (Å²) >= 11 is 0. The molecule has 1 fully saturated rings. The van der Waals surface area contributed by atoms with Crippen LogP contribution in [0.5, 0.6) is 0 Å². The highest BCUT2D eigenvalue weighted by atomic mass is 16.3. The van der Waals surface area contributed by atoms with Crippen LogP contribution >= 0.6 is 0 Å². The lowest BCUT2D eigenvalue weighted by molar-refractivity contribution is -0.122. The number of hydrogen-bond acceptors (Lipinski definition) is 3. The van der Waals surface area contributed by atoms with E-state index in [4.69, 9.17) is 5.11 Å². The van der Waals surface area contributed by atoms with Crippen LogP contribution in [0.3, 0.4) is 0 Å². The van der Waals surface area contributed by atoms with E-state index in [1.807, 2.05) is 26.0 Å². The molecule has 1 aliphatic heterocycles. The van der Waals surface area contributed by atoms with Crippen molar-refractivity contribution in [3.05, 3.63) is 29.3 Å². The molecule has 0 aliphatic carbocycles. The van der Waals surface area contributed by atoms with Gasteiger partial charge in [0.15, 0.2) is 0 Å². The molecule has 2 rings (SSSR count). The summed E-state index contributed by atoms with van der Waals surface area (Å²) < 4.78 is 0. The van der Waals surface area contributed by atoms with Crippen molar-refractivity contribution in [2.75, 3.05) is 24.6 Å². The van der Waals surface area contributed by atoms with Gasteiger partial charge in [-0.05, 0) is 37.1 Å². The van der Waals surface area contributed by atoms with E-state index in [-0.39, 0.29) is 12.5 Å². The summed E-state index contributed by atoms with van der Waals surface area (Å²) in [4.78, 5) is 13.8. The van der Waals surface area contributed by atoms with E-state index in [1.165, 1.54) is 0 Å². The predicted octanol–water partition coefficient (Wildman–Crippen LogP) is 0.601. The van der Waals surface area contributed by atoms with E-state index in [0.29, 0.717) is 13.1 Å². The quantitative estimate of drug-likeness (QED) is 0.788. The van der Waals surface area contributed by atoms with Crippen LogP contribution in [0.25, 0.3) is 0 Å². The fourth-order valence-corrected chi connectivity index (χ4v) is 2.24. The average molecular weight is 234 g/mol. The summed E-state index contributed by atoms with van der Waals surface area (Å²) in [6, 6.07) is 5.62. The Kier molecular flexibility index (Phi) is 3.45. The first-order valence-electron chi connectivity index (χ1n) is 5.85. The van der Waals surface area contributed by atoms with Crippen LogP contribution in [0.2, 0.25) is 0 Å². The van der Waals surface area contributed by atoms with Crippen molar-refractivity contribution in [1.29, 1.82) is 0 Å². The van der Waals surface area contributed by atoms with Gasteiger partial charge in [0.25, 0.3) is 0 Å². The maximum atomic E-state index is 12.1. The fourth-order valence-electron chi connectivity index (χ4n) is 2.24. The van der Waals surface area contributed by atoms with Crippen molar-refractivity contribution in [2.24, 2.45) is 0 Å². The summed E-state index contributed by atoms with van der Waals surface area (Å²) in [5, 5.41) is 12.1. The van der Waals surface area contributed by atoms with Gasteiger partial charge in [-0.15, -0.1) is 0 Å². The second-order valence-corrected chi connectivity index (χ2v) is 4.53. The highest BCUT2D eigenvalue weighted by Gasteiger charge is 2.28. The molecule has 0 spiro atoms. The van der Waals surface area contributed by atoms with Gasteiger partial charge in [0.2, 0.25) is 5.91 Å². The van der Waals surface area contributed by atoms with Gasteiger partial charge < -0.3 is 15.3 Å². The number of anilines is 1. The van der Waals surface area contributed by atoms with E-state index < -0.39 is 6.04 Å². The van der Waals surface area contributed by atoms with Gasteiger partial charge in [0.1, 0.15) is 6.04 Å². The Balaban J connectivity index is 2.29. The lowest BCUT2D eigenvalue weighted by atomic mass is 10.1. The Morgan fingerprint density at radius 3 is 2.59 bits per heavy atom. The number of aliphatic hydroxyl groups is 1. The van der Waals surface area contributed by atoms with Crippen LogP contribution < -0.4 is 10.2 Å². The van der Waals surface area contributed by atoms with Crippen LogP contribution in [-0.4, -0.2) is 36.8 Å². The SMILES string of the molecule is Cc1cc(C)cc(N2CCNC(CO)C2=O)c1. The molecule has 1 heterocycles. The number of nitrogens with one attached hydrogen (secondary N) is 1. The second kappa shape index (κ2) is 4.85. The Morgan fingerprint density at radius 2 is 2.00 bits per heavy atom. The zero-order chi connectivity index (χ0) is 12.4. The molecule has 0 bridgehead atoms. The van der Waals surface area contributed by atoms with Crippen molar-refractivity contribution < 1.29 is 9.90 Å². The standard InChI is InChI=1S/C13H18N2O2/c1-9-5-10(2)7-11(6-9)15-4-3-14-12(8-16)13(15)17/h5-7,12,14,16H,3-4,8H2,1-2H3. The van der Waals surface area contributed by atoms with E-state index in [9.17, 15) is 4.79 Å². The topological polar surface area (TPSA) is 52.6 Å². The molecule has 1 saturated heterocycles. The van der Waals surface area contributed by atoms with Gasteiger partial charge in [0, 0.05) is 18.8 Å². The largest absolute Gasteiger partial charge is 0.394 e.